The fourth-order valence-electron chi connectivity index (χ4n) is 2.58. The van der Waals surface area contributed by atoms with Crippen LogP contribution in [0.15, 0.2) is 23.1 Å². The van der Waals surface area contributed by atoms with Crippen LogP contribution in [0.25, 0.3) is 0 Å². The summed E-state index contributed by atoms with van der Waals surface area (Å²) in [5.74, 6) is -1.29. The Hall–Kier alpha value is -1.03. The number of benzene rings is 1. The SMILES string of the molecule is CSc1ccc(F)c(C2(C(=O)O)CCCC2)c1. The molecule has 1 saturated carbocycles. The molecule has 0 aliphatic heterocycles. The van der Waals surface area contributed by atoms with Gasteiger partial charge in [-0.1, -0.05) is 12.8 Å². The molecule has 0 amide bonds. The average molecular weight is 254 g/mol. The van der Waals surface area contributed by atoms with Crippen molar-refractivity contribution in [2.24, 2.45) is 0 Å². The number of hydrogen-bond acceptors (Lipinski definition) is 2. The molecular weight excluding hydrogens is 239 g/mol. The van der Waals surface area contributed by atoms with Crippen molar-refractivity contribution >= 4 is 17.7 Å². The Morgan fingerprint density at radius 3 is 2.59 bits per heavy atom. The Morgan fingerprint density at radius 1 is 1.41 bits per heavy atom. The number of carbonyl (C=O) groups is 1. The van der Waals surface area contributed by atoms with Crippen LogP contribution in [0, 0.1) is 5.82 Å². The van der Waals surface area contributed by atoms with Crippen molar-refractivity contribution in [3.05, 3.63) is 29.6 Å². The van der Waals surface area contributed by atoms with E-state index in [0.29, 0.717) is 18.4 Å². The summed E-state index contributed by atoms with van der Waals surface area (Å²) >= 11 is 1.50. The summed E-state index contributed by atoms with van der Waals surface area (Å²) in [6.07, 6.45) is 4.69. The molecule has 1 aliphatic carbocycles. The summed E-state index contributed by atoms with van der Waals surface area (Å²) in [4.78, 5) is 12.4. The van der Waals surface area contributed by atoms with Crippen molar-refractivity contribution in [1.29, 1.82) is 0 Å². The Bertz CT molecular complexity index is 439. The van der Waals surface area contributed by atoms with Crippen molar-refractivity contribution in [1.82, 2.24) is 0 Å². The van der Waals surface area contributed by atoms with Crippen LogP contribution in [0.2, 0.25) is 0 Å². The highest BCUT2D eigenvalue weighted by molar-refractivity contribution is 7.98. The number of carboxylic acids is 1. The second kappa shape index (κ2) is 4.69. The molecule has 0 unspecified atom stereocenters. The van der Waals surface area contributed by atoms with E-state index >= 15 is 0 Å². The third-order valence-electron chi connectivity index (χ3n) is 3.56. The van der Waals surface area contributed by atoms with E-state index in [-0.39, 0.29) is 0 Å². The predicted octanol–water partition coefficient (Wildman–Crippen LogP) is 3.44. The van der Waals surface area contributed by atoms with E-state index in [1.807, 2.05) is 6.26 Å². The van der Waals surface area contributed by atoms with E-state index in [4.69, 9.17) is 0 Å². The van der Waals surface area contributed by atoms with Gasteiger partial charge in [0, 0.05) is 10.5 Å². The lowest BCUT2D eigenvalue weighted by molar-refractivity contribution is -0.143. The third-order valence-corrected chi connectivity index (χ3v) is 4.28. The van der Waals surface area contributed by atoms with E-state index in [2.05, 4.69) is 0 Å². The topological polar surface area (TPSA) is 37.3 Å². The van der Waals surface area contributed by atoms with Gasteiger partial charge < -0.3 is 5.11 Å². The molecule has 0 aromatic heterocycles. The monoisotopic (exact) mass is 254 g/mol. The molecule has 2 rings (SSSR count). The fourth-order valence-corrected chi connectivity index (χ4v) is 3.01. The summed E-state index contributed by atoms with van der Waals surface area (Å²) in [7, 11) is 0. The second-order valence-electron chi connectivity index (χ2n) is 4.44. The lowest BCUT2D eigenvalue weighted by Crippen LogP contribution is -2.33. The third kappa shape index (κ3) is 2.06. The maximum Gasteiger partial charge on any atom is 0.314 e. The Balaban J connectivity index is 2.53. The molecule has 0 atom stereocenters. The minimum Gasteiger partial charge on any atom is -0.481 e. The smallest absolute Gasteiger partial charge is 0.314 e. The zero-order valence-corrected chi connectivity index (χ0v) is 10.5. The first kappa shape index (κ1) is 12.4. The summed E-state index contributed by atoms with van der Waals surface area (Å²) in [5, 5.41) is 9.43. The first-order valence-corrected chi connectivity index (χ1v) is 6.90. The van der Waals surface area contributed by atoms with Gasteiger partial charge in [0.1, 0.15) is 5.82 Å². The molecule has 0 bridgehead atoms. The first-order chi connectivity index (χ1) is 8.10. The minimum absolute atomic E-state index is 0.356. The van der Waals surface area contributed by atoms with Crippen LogP contribution in [0.4, 0.5) is 4.39 Å². The molecule has 0 saturated heterocycles. The number of hydrogen-bond donors (Lipinski definition) is 1. The van der Waals surface area contributed by atoms with Gasteiger partial charge in [0.15, 0.2) is 0 Å². The van der Waals surface area contributed by atoms with Crippen LogP contribution in [0.3, 0.4) is 0 Å². The molecule has 17 heavy (non-hydrogen) atoms. The summed E-state index contributed by atoms with van der Waals surface area (Å²) < 4.78 is 13.9. The fraction of sp³-hybridized carbons (Fsp3) is 0.462. The van der Waals surface area contributed by atoms with Crippen molar-refractivity contribution < 1.29 is 14.3 Å². The Kier molecular flexibility index (Phi) is 3.43. The van der Waals surface area contributed by atoms with Crippen LogP contribution < -0.4 is 0 Å². The van der Waals surface area contributed by atoms with E-state index in [9.17, 15) is 14.3 Å². The van der Waals surface area contributed by atoms with Crippen molar-refractivity contribution in [3.8, 4) is 0 Å². The molecule has 1 aromatic carbocycles. The van der Waals surface area contributed by atoms with Crippen LogP contribution in [0.5, 0.6) is 0 Å². The quantitative estimate of drug-likeness (QED) is 0.839. The van der Waals surface area contributed by atoms with Gasteiger partial charge in [0.25, 0.3) is 0 Å². The summed E-state index contributed by atoms with van der Waals surface area (Å²) in [6.45, 7) is 0. The van der Waals surface area contributed by atoms with Gasteiger partial charge in [-0.3, -0.25) is 4.79 Å². The van der Waals surface area contributed by atoms with Crippen molar-refractivity contribution in [3.63, 3.8) is 0 Å². The van der Waals surface area contributed by atoms with Gasteiger partial charge in [-0.2, -0.15) is 0 Å². The van der Waals surface area contributed by atoms with Gasteiger partial charge in [-0.05, 0) is 37.3 Å². The van der Waals surface area contributed by atoms with E-state index < -0.39 is 17.2 Å². The lowest BCUT2D eigenvalue weighted by atomic mass is 9.78. The maximum absolute atomic E-state index is 13.9. The molecule has 1 N–H and O–H groups in total. The zero-order chi connectivity index (χ0) is 12.5. The zero-order valence-electron chi connectivity index (χ0n) is 9.70. The minimum atomic E-state index is -1.00. The first-order valence-electron chi connectivity index (χ1n) is 5.67. The standard InChI is InChI=1S/C13H15FO2S/c1-17-9-4-5-11(14)10(8-9)13(12(15)16)6-2-3-7-13/h4-5,8H,2-3,6-7H2,1H3,(H,15,16). The van der Waals surface area contributed by atoms with Crippen LogP contribution in [-0.4, -0.2) is 17.3 Å². The molecule has 4 heteroatoms. The molecule has 2 nitrogen and oxygen atoms in total. The molecule has 0 radical (unpaired) electrons. The number of carboxylic acid groups (broad SMARTS) is 1. The highest BCUT2D eigenvalue weighted by Crippen LogP contribution is 2.43. The van der Waals surface area contributed by atoms with E-state index in [0.717, 1.165) is 17.7 Å². The largest absolute Gasteiger partial charge is 0.481 e. The Morgan fingerprint density at radius 2 is 2.06 bits per heavy atom. The molecule has 1 fully saturated rings. The average Bonchev–Trinajstić information content (AvgIpc) is 2.80. The molecule has 1 aromatic rings. The summed E-state index contributed by atoms with van der Waals surface area (Å²) in [5.41, 5.74) is -0.648. The van der Waals surface area contributed by atoms with Crippen molar-refractivity contribution in [2.75, 3.05) is 6.26 Å². The van der Waals surface area contributed by atoms with Crippen LogP contribution in [-0.2, 0) is 10.2 Å². The molecule has 0 heterocycles. The van der Waals surface area contributed by atoms with Crippen LogP contribution >= 0.6 is 11.8 Å². The molecule has 92 valence electrons. The number of aliphatic carboxylic acids is 1. The van der Waals surface area contributed by atoms with Gasteiger partial charge in [0.05, 0.1) is 5.41 Å². The van der Waals surface area contributed by atoms with Crippen LogP contribution in [0.1, 0.15) is 31.2 Å². The van der Waals surface area contributed by atoms with Crippen molar-refractivity contribution in [2.45, 2.75) is 36.0 Å². The van der Waals surface area contributed by atoms with Gasteiger partial charge in [-0.15, -0.1) is 11.8 Å². The molecule has 1 aliphatic rings. The highest BCUT2D eigenvalue weighted by atomic mass is 32.2. The number of thioether (sulfide) groups is 1. The highest BCUT2D eigenvalue weighted by Gasteiger charge is 2.44. The van der Waals surface area contributed by atoms with E-state index in [1.54, 1.807) is 12.1 Å². The number of halogens is 1. The van der Waals surface area contributed by atoms with Gasteiger partial charge in [-0.25, -0.2) is 4.39 Å². The normalized spacial score (nSPS) is 18.2. The predicted molar refractivity (Wildman–Crippen MR) is 66.0 cm³/mol. The second-order valence-corrected chi connectivity index (χ2v) is 5.32. The molecule has 0 spiro atoms. The summed E-state index contributed by atoms with van der Waals surface area (Å²) in [6, 6.07) is 4.76. The number of rotatable bonds is 3. The van der Waals surface area contributed by atoms with Gasteiger partial charge in [0.2, 0.25) is 0 Å². The Labute approximate surface area is 104 Å². The van der Waals surface area contributed by atoms with E-state index in [1.165, 1.54) is 17.8 Å². The van der Waals surface area contributed by atoms with Gasteiger partial charge >= 0.3 is 5.97 Å². The lowest BCUT2D eigenvalue weighted by Gasteiger charge is -2.25. The molecular formula is C13H15FO2S. The maximum atomic E-state index is 13.9.